The van der Waals surface area contributed by atoms with E-state index in [-0.39, 0.29) is 5.91 Å². The summed E-state index contributed by atoms with van der Waals surface area (Å²) in [5.41, 5.74) is 9.65. The predicted molar refractivity (Wildman–Crippen MR) is 87.7 cm³/mol. The van der Waals surface area contributed by atoms with E-state index in [1.54, 1.807) is 17.4 Å². The number of thioether (sulfide) groups is 1. The van der Waals surface area contributed by atoms with Gasteiger partial charge in [0.05, 0.1) is 4.88 Å². The fraction of sp³-hybridized carbons (Fsp3) is 0.267. The highest BCUT2D eigenvalue weighted by atomic mass is 32.2. The van der Waals surface area contributed by atoms with E-state index in [4.69, 9.17) is 5.73 Å². The SMILES string of the molecule is Cc1ccc(NC(=O)c2cc3c(s2)CCSC3)cc1N. The third-order valence-corrected chi connectivity index (χ3v) is 5.63. The van der Waals surface area contributed by atoms with Crippen LogP contribution in [0, 0.1) is 6.92 Å². The van der Waals surface area contributed by atoms with Crippen LogP contribution in [0.2, 0.25) is 0 Å². The molecule has 0 fully saturated rings. The molecule has 1 aromatic heterocycles. The van der Waals surface area contributed by atoms with Crippen molar-refractivity contribution in [1.82, 2.24) is 0 Å². The van der Waals surface area contributed by atoms with Gasteiger partial charge in [-0.15, -0.1) is 11.3 Å². The Morgan fingerprint density at radius 2 is 2.20 bits per heavy atom. The van der Waals surface area contributed by atoms with Gasteiger partial charge < -0.3 is 11.1 Å². The first-order chi connectivity index (χ1) is 9.63. The van der Waals surface area contributed by atoms with E-state index in [0.29, 0.717) is 5.69 Å². The summed E-state index contributed by atoms with van der Waals surface area (Å²) in [6.45, 7) is 1.95. The molecule has 0 saturated heterocycles. The van der Waals surface area contributed by atoms with Crippen molar-refractivity contribution in [2.24, 2.45) is 0 Å². The lowest BCUT2D eigenvalue weighted by Gasteiger charge is -2.08. The molecule has 2 aromatic rings. The van der Waals surface area contributed by atoms with Crippen molar-refractivity contribution < 1.29 is 4.79 Å². The number of hydrogen-bond acceptors (Lipinski definition) is 4. The number of hydrogen-bond donors (Lipinski definition) is 2. The van der Waals surface area contributed by atoms with Crippen LogP contribution >= 0.6 is 23.1 Å². The van der Waals surface area contributed by atoms with E-state index >= 15 is 0 Å². The van der Waals surface area contributed by atoms with Crippen molar-refractivity contribution in [3.8, 4) is 0 Å². The molecule has 1 aromatic carbocycles. The summed E-state index contributed by atoms with van der Waals surface area (Å²) in [6.07, 6.45) is 1.08. The van der Waals surface area contributed by atoms with Crippen LogP contribution in [0.25, 0.3) is 0 Å². The molecule has 3 nitrogen and oxygen atoms in total. The second-order valence-corrected chi connectivity index (χ2v) is 7.13. The fourth-order valence-corrected chi connectivity index (χ4v) is 4.44. The fourth-order valence-electron chi connectivity index (χ4n) is 2.17. The number of amides is 1. The zero-order chi connectivity index (χ0) is 14.1. The third kappa shape index (κ3) is 2.69. The lowest BCUT2D eigenvalue weighted by atomic mass is 10.2. The molecular formula is C15H16N2OS2. The van der Waals surface area contributed by atoms with Gasteiger partial charge >= 0.3 is 0 Å². The highest BCUT2D eigenvalue weighted by molar-refractivity contribution is 7.98. The third-order valence-electron chi connectivity index (χ3n) is 3.39. The Balaban J connectivity index is 1.78. The Morgan fingerprint density at radius 1 is 1.35 bits per heavy atom. The number of nitrogen functional groups attached to an aromatic ring is 1. The van der Waals surface area contributed by atoms with Crippen LogP contribution in [0.4, 0.5) is 11.4 Å². The summed E-state index contributed by atoms with van der Waals surface area (Å²) in [5.74, 6) is 2.14. The molecule has 0 radical (unpaired) electrons. The zero-order valence-electron chi connectivity index (χ0n) is 11.2. The lowest BCUT2D eigenvalue weighted by Crippen LogP contribution is -2.10. The van der Waals surface area contributed by atoms with E-state index in [2.05, 4.69) is 5.32 Å². The number of anilines is 2. The largest absolute Gasteiger partial charge is 0.398 e. The summed E-state index contributed by atoms with van der Waals surface area (Å²) >= 11 is 3.54. The van der Waals surface area contributed by atoms with Crippen molar-refractivity contribution in [1.29, 1.82) is 0 Å². The molecule has 20 heavy (non-hydrogen) atoms. The molecule has 2 heterocycles. The van der Waals surface area contributed by atoms with Gasteiger partial charge in [0.15, 0.2) is 0 Å². The average Bonchev–Trinajstić information content (AvgIpc) is 2.87. The van der Waals surface area contributed by atoms with Gasteiger partial charge in [0.1, 0.15) is 0 Å². The minimum atomic E-state index is -0.0438. The van der Waals surface area contributed by atoms with Gasteiger partial charge in [0.2, 0.25) is 0 Å². The summed E-state index contributed by atoms with van der Waals surface area (Å²) < 4.78 is 0. The molecule has 104 valence electrons. The van der Waals surface area contributed by atoms with Crippen molar-refractivity contribution in [3.63, 3.8) is 0 Å². The predicted octanol–water partition coefficient (Wildman–Crippen LogP) is 3.68. The molecule has 0 bridgehead atoms. The normalized spacial score (nSPS) is 13.8. The van der Waals surface area contributed by atoms with Crippen molar-refractivity contribution in [2.45, 2.75) is 19.1 Å². The first-order valence-corrected chi connectivity index (χ1v) is 8.47. The minimum absolute atomic E-state index is 0.0438. The number of aryl methyl sites for hydroxylation is 2. The topological polar surface area (TPSA) is 55.1 Å². The quantitative estimate of drug-likeness (QED) is 0.832. The van der Waals surface area contributed by atoms with Crippen molar-refractivity contribution in [3.05, 3.63) is 45.1 Å². The van der Waals surface area contributed by atoms with E-state index in [0.717, 1.165) is 34.1 Å². The number of fused-ring (bicyclic) bond motifs is 1. The van der Waals surface area contributed by atoms with Crippen LogP contribution in [0.5, 0.6) is 0 Å². The summed E-state index contributed by atoms with van der Waals surface area (Å²) in [4.78, 5) is 14.4. The maximum absolute atomic E-state index is 12.3. The molecule has 1 aliphatic heterocycles. The minimum Gasteiger partial charge on any atom is -0.398 e. The maximum Gasteiger partial charge on any atom is 0.265 e. The Labute approximate surface area is 126 Å². The van der Waals surface area contributed by atoms with E-state index in [1.165, 1.54) is 10.4 Å². The number of rotatable bonds is 2. The molecule has 0 unspecified atom stereocenters. The van der Waals surface area contributed by atoms with Gasteiger partial charge in [-0.3, -0.25) is 4.79 Å². The summed E-state index contributed by atoms with van der Waals surface area (Å²) in [5, 5.41) is 2.92. The Hall–Kier alpha value is -1.46. The first-order valence-electron chi connectivity index (χ1n) is 6.50. The number of nitrogens with two attached hydrogens (primary N) is 1. The molecule has 1 amide bonds. The van der Waals surface area contributed by atoms with Crippen LogP contribution in [-0.4, -0.2) is 11.7 Å². The van der Waals surface area contributed by atoms with Gasteiger partial charge in [-0.2, -0.15) is 11.8 Å². The second kappa shape index (κ2) is 5.50. The molecule has 3 rings (SSSR count). The van der Waals surface area contributed by atoms with Crippen LogP contribution in [0.1, 0.15) is 25.7 Å². The summed E-state index contributed by atoms with van der Waals surface area (Å²) in [6, 6.07) is 7.63. The maximum atomic E-state index is 12.3. The second-order valence-electron chi connectivity index (χ2n) is 4.89. The molecule has 0 aliphatic carbocycles. The standard InChI is InChI=1S/C15H16N2OS2/c1-9-2-3-11(7-12(9)16)17-15(18)14-6-10-8-19-5-4-13(10)20-14/h2-3,6-7H,4-5,8,16H2,1H3,(H,17,18). The Morgan fingerprint density at radius 3 is 2.95 bits per heavy atom. The first kappa shape index (κ1) is 13.5. The summed E-state index contributed by atoms with van der Waals surface area (Å²) in [7, 11) is 0. The van der Waals surface area contributed by atoms with E-state index in [9.17, 15) is 4.79 Å². The number of nitrogens with one attached hydrogen (secondary N) is 1. The number of carbonyl (C=O) groups excluding carboxylic acids is 1. The molecule has 0 atom stereocenters. The molecular weight excluding hydrogens is 288 g/mol. The van der Waals surface area contributed by atoms with Crippen LogP contribution in [0.15, 0.2) is 24.3 Å². The van der Waals surface area contributed by atoms with E-state index < -0.39 is 0 Å². The van der Waals surface area contributed by atoms with Crippen LogP contribution in [0.3, 0.4) is 0 Å². The highest BCUT2D eigenvalue weighted by Gasteiger charge is 2.17. The molecule has 3 N–H and O–H groups in total. The number of carbonyl (C=O) groups is 1. The van der Waals surface area contributed by atoms with Gasteiger partial charge in [-0.25, -0.2) is 0 Å². The molecule has 1 aliphatic rings. The Bertz CT molecular complexity index is 640. The molecule has 0 saturated carbocycles. The van der Waals surface area contributed by atoms with Crippen molar-refractivity contribution in [2.75, 3.05) is 16.8 Å². The average molecular weight is 304 g/mol. The van der Waals surface area contributed by atoms with Crippen LogP contribution in [-0.2, 0) is 12.2 Å². The molecule has 5 heteroatoms. The number of benzene rings is 1. The monoisotopic (exact) mass is 304 g/mol. The van der Waals surface area contributed by atoms with Crippen molar-refractivity contribution >= 4 is 40.4 Å². The lowest BCUT2D eigenvalue weighted by molar-refractivity contribution is 0.103. The van der Waals surface area contributed by atoms with E-state index in [1.807, 2.05) is 36.9 Å². The van der Waals surface area contributed by atoms with Gasteiger partial charge in [0.25, 0.3) is 5.91 Å². The smallest absolute Gasteiger partial charge is 0.265 e. The van der Waals surface area contributed by atoms with Gasteiger partial charge in [0, 0.05) is 22.0 Å². The Kier molecular flexibility index (Phi) is 3.72. The van der Waals surface area contributed by atoms with Gasteiger partial charge in [-0.1, -0.05) is 6.07 Å². The number of thiophene rings is 1. The highest BCUT2D eigenvalue weighted by Crippen LogP contribution is 2.32. The molecule has 0 spiro atoms. The zero-order valence-corrected chi connectivity index (χ0v) is 12.9. The van der Waals surface area contributed by atoms with Crippen LogP contribution < -0.4 is 11.1 Å². The van der Waals surface area contributed by atoms with Gasteiger partial charge in [-0.05, 0) is 48.4 Å².